The van der Waals surface area contributed by atoms with Crippen LogP contribution in [0, 0.1) is 16.7 Å². The summed E-state index contributed by atoms with van der Waals surface area (Å²) >= 11 is 0. The maximum atomic E-state index is 12.4. The zero-order valence-electron chi connectivity index (χ0n) is 73.0. The molecule has 10 atom stereocenters. The van der Waals surface area contributed by atoms with Crippen LogP contribution in [-0.4, -0.2) is 113 Å². The van der Waals surface area contributed by atoms with Gasteiger partial charge in [-0.3, -0.25) is 0 Å². The van der Waals surface area contributed by atoms with Crippen molar-refractivity contribution in [3.05, 3.63) is 179 Å². The van der Waals surface area contributed by atoms with Crippen molar-refractivity contribution >= 4 is 0 Å². The number of ether oxygens (including phenoxy) is 11. The molecular weight excluding hydrogens is 1480 g/mol. The van der Waals surface area contributed by atoms with E-state index >= 15 is 0 Å². The first-order valence-electron chi connectivity index (χ1n) is 42.5. The van der Waals surface area contributed by atoms with Gasteiger partial charge < -0.3 is 62.3 Å². The molecule has 1 aliphatic carbocycles. The van der Waals surface area contributed by atoms with Gasteiger partial charge in [0.25, 0.3) is 0 Å². The molecule has 0 amide bonds. The van der Waals surface area contributed by atoms with Crippen molar-refractivity contribution in [2.24, 2.45) is 16.7 Å². The van der Waals surface area contributed by atoms with Crippen LogP contribution in [0.5, 0.6) is 34.5 Å². The summed E-state index contributed by atoms with van der Waals surface area (Å²) in [6.45, 7) is 41.3. The van der Waals surface area contributed by atoms with Crippen molar-refractivity contribution in [2.45, 2.75) is 319 Å². The van der Waals surface area contributed by atoms with E-state index in [4.69, 9.17) is 57.6 Å². The minimum atomic E-state index is -5.42. The second-order valence-electron chi connectivity index (χ2n) is 32.8. The number of halogens is 6. The standard InChI is InChI=1S/C22H36O3.C21H34O3.C17H26O3.C16H20F6O2.2C10H14O/c1-5-18(2)19-8-10-20(11-9-19)25-21(24-17-16-23-4)12-15-22(3)13-6-7-14-22;1-6-16(2)17-7-9-18(10-8-17)23-20(15-21(3,4)5)24-19-11-13-22-14-12-19;1-4-13(2)15-5-7-16(8-6-15)19-14(3)20-17-9-11-18-12-10-17;1-4-10(2)12-5-7-13(8-6-12)24-11(3)23-9-14(15(17,18)19)16(20,21)22;2*1-3-8(2)9-4-6-10(11)7-5-9/h8-11,18,21H,5-7,12-17H2,1-4H3;7-10,16,19-20H,6,11-15H2,1-5H3;5-8,13-14,17H,4,9-12H2,1-3H3;5-8,10-11,14H,4,9H2,1-3H3;2*4-8,11H,3H2,1-2H3. The average molecular weight is 1620 g/mol. The first-order chi connectivity index (χ1) is 54.5. The number of alkyl halides is 6. The fourth-order valence-corrected chi connectivity index (χ4v) is 13.0. The zero-order chi connectivity index (χ0) is 85.2. The van der Waals surface area contributed by atoms with E-state index in [0.29, 0.717) is 71.4 Å². The maximum Gasteiger partial charge on any atom is 0.402 e. The number of hydrogen-bond donors (Lipinski definition) is 2. The first kappa shape index (κ1) is 101. The Morgan fingerprint density at radius 1 is 0.409 bits per heavy atom. The van der Waals surface area contributed by atoms with Gasteiger partial charge >= 0.3 is 12.4 Å². The Balaban J connectivity index is 0.000000297. The molecule has 3 fully saturated rings. The van der Waals surface area contributed by atoms with E-state index in [2.05, 4.69) is 162 Å². The lowest BCUT2D eigenvalue weighted by atomic mass is 9.84. The second-order valence-corrected chi connectivity index (χ2v) is 32.8. The van der Waals surface area contributed by atoms with Gasteiger partial charge in [-0.15, -0.1) is 0 Å². The number of methoxy groups -OCH3 is 1. The van der Waals surface area contributed by atoms with Crippen molar-refractivity contribution in [3.63, 3.8) is 0 Å². The highest BCUT2D eigenvalue weighted by atomic mass is 19.4. The molecule has 648 valence electrons. The molecule has 3 aliphatic rings. The Hall–Kier alpha value is -6.58. The van der Waals surface area contributed by atoms with Crippen LogP contribution in [0.1, 0.15) is 303 Å². The van der Waals surface area contributed by atoms with E-state index in [0.717, 1.165) is 133 Å². The molecule has 2 aliphatic heterocycles. The van der Waals surface area contributed by atoms with E-state index in [1.807, 2.05) is 57.2 Å². The molecule has 6 aromatic rings. The number of rotatable bonds is 35. The van der Waals surface area contributed by atoms with E-state index in [1.165, 1.54) is 60.4 Å². The van der Waals surface area contributed by atoms with Crippen LogP contribution in [0.25, 0.3) is 0 Å². The molecule has 2 N–H and O–H groups in total. The molecule has 19 heteroatoms. The van der Waals surface area contributed by atoms with Gasteiger partial charge in [-0.05, 0) is 250 Å². The Morgan fingerprint density at radius 2 is 0.713 bits per heavy atom. The normalized spacial score (nSPS) is 17.2. The molecular formula is C96H144F6O13. The van der Waals surface area contributed by atoms with E-state index in [1.54, 1.807) is 55.6 Å². The lowest BCUT2D eigenvalue weighted by molar-refractivity contribution is -0.300. The molecule has 13 nitrogen and oxygen atoms in total. The van der Waals surface area contributed by atoms with Gasteiger partial charge in [-0.25, -0.2) is 0 Å². The second kappa shape index (κ2) is 53.1. The predicted molar refractivity (Wildman–Crippen MR) is 452 cm³/mol. The summed E-state index contributed by atoms with van der Waals surface area (Å²) in [7, 11) is 1.70. The third kappa shape index (κ3) is 40.6. The van der Waals surface area contributed by atoms with Crippen LogP contribution in [0.2, 0.25) is 0 Å². The van der Waals surface area contributed by atoms with Crippen LogP contribution in [0.4, 0.5) is 26.3 Å². The lowest BCUT2D eigenvalue weighted by Gasteiger charge is -2.31. The maximum absolute atomic E-state index is 12.4. The van der Waals surface area contributed by atoms with E-state index in [9.17, 15) is 26.3 Å². The molecule has 2 saturated heterocycles. The van der Waals surface area contributed by atoms with E-state index < -0.39 is 31.2 Å². The molecule has 9 rings (SSSR count). The molecule has 0 aromatic heterocycles. The van der Waals surface area contributed by atoms with Gasteiger partial charge in [0.1, 0.15) is 34.5 Å². The third-order valence-corrected chi connectivity index (χ3v) is 22.1. The van der Waals surface area contributed by atoms with Crippen LogP contribution >= 0.6 is 0 Å². The van der Waals surface area contributed by atoms with Gasteiger partial charge in [-0.2, -0.15) is 26.3 Å². The van der Waals surface area contributed by atoms with Gasteiger partial charge in [0.2, 0.25) is 6.29 Å². The highest BCUT2D eigenvalue weighted by Crippen LogP contribution is 2.43. The topological polar surface area (TPSA) is 142 Å². The number of phenolic OH excluding ortho intramolecular Hbond substituents is 2. The highest BCUT2D eigenvalue weighted by Gasteiger charge is 2.57. The lowest BCUT2D eigenvalue weighted by Crippen LogP contribution is -2.41. The minimum Gasteiger partial charge on any atom is -0.508 e. The van der Waals surface area contributed by atoms with Gasteiger partial charge in [-0.1, -0.05) is 196 Å². The van der Waals surface area contributed by atoms with Crippen molar-refractivity contribution < 1.29 is 88.7 Å². The summed E-state index contributed by atoms with van der Waals surface area (Å²) in [5, 5.41) is 18.0. The molecule has 1 saturated carbocycles. The van der Waals surface area contributed by atoms with Crippen molar-refractivity contribution in [1.29, 1.82) is 0 Å². The molecule has 115 heavy (non-hydrogen) atoms. The van der Waals surface area contributed by atoms with Crippen molar-refractivity contribution in [1.82, 2.24) is 0 Å². The Kier molecular flexibility index (Phi) is 46.5. The van der Waals surface area contributed by atoms with Gasteiger partial charge in [0.05, 0.1) is 32.0 Å². The zero-order valence-corrected chi connectivity index (χ0v) is 73.0. The number of aromatic hydroxyl groups is 2. The van der Waals surface area contributed by atoms with Gasteiger partial charge in [0.15, 0.2) is 24.8 Å². The number of phenols is 2. The Labute approximate surface area is 687 Å². The van der Waals surface area contributed by atoms with Crippen LogP contribution in [-0.2, 0) is 33.2 Å². The van der Waals surface area contributed by atoms with Crippen LogP contribution in [0.15, 0.2) is 146 Å². The molecule has 0 spiro atoms. The monoisotopic (exact) mass is 1620 g/mol. The molecule has 0 radical (unpaired) electrons. The molecule has 0 bridgehead atoms. The summed E-state index contributed by atoms with van der Waals surface area (Å²) in [5.74, 6) is 3.42. The Bertz CT molecular complexity index is 3360. The summed E-state index contributed by atoms with van der Waals surface area (Å²) in [4.78, 5) is 0. The van der Waals surface area contributed by atoms with E-state index in [-0.39, 0.29) is 36.5 Å². The van der Waals surface area contributed by atoms with Crippen molar-refractivity contribution in [2.75, 3.05) is 53.4 Å². The van der Waals surface area contributed by atoms with Crippen LogP contribution < -0.4 is 18.9 Å². The third-order valence-electron chi connectivity index (χ3n) is 22.1. The Morgan fingerprint density at radius 3 is 1.03 bits per heavy atom. The average Bonchev–Trinajstić information content (AvgIpc) is 1.28. The fraction of sp³-hybridized carbons (Fsp3) is 0.625. The van der Waals surface area contributed by atoms with Gasteiger partial charge in [0, 0.05) is 46.4 Å². The summed E-state index contributed by atoms with van der Waals surface area (Å²) < 4.78 is 136. The van der Waals surface area contributed by atoms with Crippen molar-refractivity contribution in [3.8, 4) is 34.5 Å². The molecule has 6 aromatic carbocycles. The summed E-state index contributed by atoms with van der Waals surface area (Å²) in [6, 6.07) is 47.0. The SMILES string of the molecule is CCC(C)c1ccc(O)cc1.CCC(C)c1ccc(O)cc1.CCC(C)c1ccc(OC(C)OC2CCOCC2)cc1.CCC(C)c1ccc(OC(C)OCC(C(F)(F)F)C(F)(F)F)cc1.CCC(C)c1ccc(OC(CC(C)(C)C)OC2CCOCC2)cc1.CCC(C)c1ccc(OC(CCC2(C)CCCC2)OCCOC)cc1. The summed E-state index contributed by atoms with van der Waals surface area (Å²) in [5.41, 5.74) is 8.37. The molecule has 10 unspecified atom stereocenters. The number of benzene rings is 6. The van der Waals surface area contributed by atoms with Crippen LogP contribution in [0.3, 0.4) is 0 Å². The molecule has 2 heterocycles. The minimum absolute atomic E-state index is 0.159. The largest absolute Gasteiger partial charge is 0.508 e. The quantitative estimate of drug-likeness (QED) is 0.0222. The summed E-state index contributed by atoms with van der Waals surface area (Å²) in [6.07, 6.45) is 6.70. The highest BCUT2D eigenvalue weighted by molar-refractivity contribution is 5.33. The smallest absolute Gasteiger partial charge is 0.402 e. The fourth-order valence-electron chi connectivity index (χ4n) is 13.0. The number of hydrogen-bond acceptors (Lipinski definition) is 13. The first-order valence-corrected chi connectivity index (χ1v) is 42.5. The predicted octanol–water partition coefficient (Wildman–Crippen LogP) is 27.1.